The smallest absolute Gasteiger partial charge is 0.168 e. The Morgan fingerprint density at radius 3 is 2.64 bits per heavy atom. The van der Waals surface area contributed by atoms with Gasteiger partial charge in [-0.15, -0.1) is 0 Å². The Kier molecular flexibility index (Phi) is 4.20. The van der Waals surface area contributed by atoms with Crippen LogP contribution in [0.25, 0.3) is 0 Å². The molecule has 2 heterocycles. The fraction of sp³-hybridized carbons (Fsp3) is 0.0556. The molecule has 3 aromatic rings. The molecule has 0 radical (unpaired) electrons. The zero-order valence-corrected chi connectivity index (χ0v) is 11.8. The van der Waals surface area contributed by atoms with Crippen molar-refractivity contribution < 1.29 is 9.53 Å². The molecule has 0 unspecified atom stereocenters. The number of ether oxygens (including phenoxy) is 1. The van der Waals surface area contributed by atoms with Crippen molar-refractivity contribution in [3.8, 4) is 11.5 Å². The lowest BCUT2D eigenvalue weighted by Crippen LogP contribution is -2.04. The van der Waals surface area contributed by atoms with E-state index in [2.05, 4.69) is 9.97 Å². The quantitative estimate of drug-likeness (QED) is 0.672. The van der Waals surface area contributed by atoms with Crippen molar-refractivity contribution in [1.82, 2.24) is 9.97 Å². The summed E-state index contributed by atoms with van der Waals surface area (Å²) in [5.74, 6) is 1.26. The van der Waals surface area contributed by atoms with Crippen LogP contribution in [-0.2, 0) is 6.42 Å². The predicted molar refractivity (Wildman–Crippen MR) is 83.0 cm³/mol. The van der Waals surface area contributed by atoms with Gasteiger partial charge in [0, 0.05) is 23.7 Å². The Hall–Kier alpha value is -3.01. The third kappa shape index (κ3) is 3.55. The summed E-state index contributed by atoms with van der Waals surface area (Å²) < 4.78 is 5.69. The highest BCUT2D eigenvalue weighted by atomic mass is 16.5. The van der Waals surface area contributed by atoms with Crippen LogP contribution in [0.3, 0.4) is 0 Å². The van der Waals surface area contributed by atoms with E-state index in [1.165, 1.54) is 0 Å². The van der Waals surface area contributed by atoms with E-state index in [-0.39, 0.29) is 12.2 Å². The van der Waals surface area contributed by atoms with E-state index >= 15 is 0 Å². The summed E-state index contributed by atoms with van der Waals surface area (Å²) in [5.41, 5.74) is 1.36. The number of aromatic nitrogens is 2. The first-order valence-corrected chi connectivity index (χ1v) is 6.92. The summed E-state index contributed by atoms with van der Waals surface area (Å²) in [6.07, 6.45) is 5.27. The van der Waals surface area contributed by atoms with Crippen molar-refractivity contribution >= 4 is 5.78 Å². The molecule has 0 N–H and O–H groups in total. The zero-order chi connectivity index (χ0) is 15.2. The standard InChI is InChI=1S/C18H14N2O2/c21-18(12-15-6-1-2-10-20-15)14-5-3-7-16(11-14)22-17-8-4-9-19-13-17/h1-11,13H,12H2. The maximum atomic E-state index is 12.3. The van der Waals surface area contributed by atoms with Gasteiger partial charge in [0.1, 0.15) is 11.5 Å². The highest BCUT2D eigenvalue weighted by Crippen LogP contribution is 2.21. The summed E-state index contributed by atoms with van der Waals surface area (Å²) in [5, 5.41) is 0. The molecule has 1 aromatic carbocycles. The number of carbonyl (C=O) groups excluding carboxylic acids is 1. The van der Waals surface area contributed by atoms with Gasteiger partial charge in [-0.05, 0) is 36.4 Å². The Balaban J connectivity index is 1.75. The van der Waals surface area contributed by atoms with Crippen molar-refractivity contribution in [3.63, 3.8) is 0 Å². The Morgan fingerprint density at radius 2 is 1.86 bits per heavy atom. The average molecular weight is 290 g/mol. The SMILES string of the molecule is O=C(Cc1ccccn1)c1cccc(Oc2cccnc2)c1. The Bertz CT molecular complexity index is 758. The van der Waals surface area contributed by atoms with Gasteiger partial charge in [0.15, 0.2) is 5.78 Å². The molecule has 0 bridgehead atoms. The number of ketones is 1. The first-order chi connectivity index (χ1) is 10.8. The maximum Gasteiger partial charge on any atom is 0.168 e. The van der Waals surface area contributed by atoms with Crippen LogP contribution in [0.5, 0.6) is 11.5 Å². The van der Waals surface area contributed by atoms with Gasteiger partial charge in [-0.2, -0.15) is 0 Å². The second-order valence-corrected chi connectivity index (χ2v) is 4.74. The van der Waals surface area contributed by atoms with E-state index in [0.29, 0.717) is 17.1 Å². The van der Waals surface area contributed by atoms with Crippen LogP contribution in [0.1, 0.15) is 16.1 Å². The number of carbonyl (C=O) groups is 1. The molecule has 0 aliphatic rings. The van der Waals surface area contributed by atoms with E-state index in [1.54, 1.807) is 42.9 Å². The van der Waals surface area contributed by atoms with Gasteiger partial charge in [-0.3, -0.25) is 14.8 Å². The van der Waals surface area contributed by atoms with Crippen LogP contribution in [0.4, 0.5) is 0 Å². The second-order valence-electron chi connectivity index (χ2n) is 4.74. The topological polar surface area (TPSA) is 52.1 Å². The van der Waals surface area contributed by atoms with Crippen molar-refractivity contribution in [2.75, 3.05) is 0 Å². The predicted octanol–water partition coefficient (Wildman–Crippen LogP) is 3.69. The molecule has 3 rings (SSSR count). The maximum absolute atomic E-state index is 12.3. The molecular formula is C18H14N2O2. The lowest BCUT2D eigenvalue weighted by molar-refractivity contribution is 0.0991. The molecule has 0 aliphatic carbocycles. The van der Waals surface area contributed by atoms with Crippen LogP contribution in [0, 0.1) is 0 Å². The summed E-state index contributed by atoms with van der Waals surface area (Å²) in [4.78, 5) is 20.5. The number of hydrogen-bond acceptors (Lipinski definition) is 4. The van der Waals surface area contributed by atoms with Gasteiger partial charge < -0.3 is 4.74 Å². The van der Waals surface area contributed by atoms with Crippen LogP contribution in [0.2, 0.25) is 0 Å². The molecule has 4 heteroatoms. The third-order valence-electron chi connectivity index (χ3n) is 3.09. The minimum atomic E-state index is 0.00957. The van der Waals surface area contributed by atoms with E-state index in [4.69, 9.17) is 4.74 Å². The number of benzene rings is 1. The van der Waals surface area contributed by atoms with Gasteiger partial charge in [0.05, 0.1) is 12.6 Å². The highest BCUT2D eigenvalue weighted by molar-refractivity contribution is 5.97. The Morgan fingerprint density at radius 1 is 0.955 bits per heavy atom. The Labute approximate surface area is 128 Å². The number of nitrogens with zero attached hydrogens (tertiary/aromatic N) is 2. The van der Waals surface area contributed by atoms with E-state index in [9.17, 15) is 4.79 Å². The summed E-state index contributed by atoms with van der Waals surface area (Å²) in [6.45, 7) is 0. The molecule has 22 heavy (non-hydrogen) atoms. The number of hydrogen-bond donors (Lipinski definition) is 0. The summed E-state index contributed by atoms with van der Waals surface area (Å²) in [6, 6.07) is 16.3. The summed E-state index contributed by atoms with van der Waals surface area (Å²) >= 11 is 0. The molecule has 0 spiro atoms. The first-order valence-electron chi connectivity index (χ1n) is 6.92. The van der Waals surface area contributed by atoms with Crippen LogP contribution in [0.15, 0.2) is 73.2 Å². The van der Waals surface area contributed by atoms with Gasteiger partial charge in [0.2, 0.25) is 0 Å². The number of rotatable bonds is 5. The molecule has 108 valence electrons. The third-order valence-corrected chi connectivity index (χ3v) is 3.09. The van der Waals surface area contributed by atoms with Crippen molar-refractivity contribution in [2.24, 2.45) is 0 Å². The minimum Gasteiger partial charge on any atom is -0.456 e. The van der Waals surface area contributed by atoms with Crippen LogP contribution < -0.4 is 4.74 Å². The second kappa shape index (κ2) is 6.63. The van der Waals surface area contributed by atoms with Crippen LogP contribution in [-0.4, -0.2) is 15.8 Å². The number of pyridine rings is 2. The van der Waals surface area contributed by atoms with Crippen LogP contribution >= 0.6 is 0 Å². The molecule has 0 saturated carbocycles. The average Bonchev–Trinajstić information content (AvgIpc) is 2.57. The van der Waals surface area contributed by atoms with Gasteiger partial charge in [0.25, 0.3) is 0 Å². The molecule has 0 saturated heterocycles. The monoisotopic (exact) mass is 290 g/mol. The number of Topliss-reactive ketones (excluding diaryl/α,β-unsaturated/α-hetero) is 1. The largest absolute Gasteiger partial charge is 0.456 e. The normalized spacial score (nSPS) is 10.2. The fourth-order valence-corrected chi connectivity index (χ4v) is 2.05. The molecule has 4 nitrogen and oxygen atoms in total. The zero-order valence-electron chi connectivity index (χ0n) is 11.8. The molecule has 0 atom stereocenters. The van der Waals surface area contributed by atoms with Gasteiger partial charge in [-0.1, -0.05) is 18.2 Å². The molecular weight excluding hydrogens is 276 g/mol. The molecule has 0 fully saturated rings. The van der Waals surface area contributed by atoms with Gasteiger partial charge >= 0.3 is 0 Å². The highest BCUT2D eigenvalue weighted by Gasteiger charge is 2.09. The minimum absolute atomic E-state index is 0.00957. The fourth-order valence-electron chi connectivity index (χ4n) is 2.05. The van der Waals surface area contributed by atoms with E-state index in [0.717, 1.165) is 5.69 Å². The first kappa shape index (κ1) is 13.9. The van der Waals surface area contributed by atoms with E-state index < -0.39 is 0 Å². The lowest BCUT2D eigenvalue weighted by atomic mass is 10.1. The van der Waals surface area contributed by atoms with Crippen molar-refractivity contribution in [3.05, 3.63) is 84.4 Å². The molecule has 0 aliphatic heterocycles. The van der Waals surface area contributed by atoms with E-state index in [1.807, 2.05) is 30.3 Å². The van der Waals surface area contributed by atoms with Crippen molar-refractivity contribution in [1.29, 1.82) is 0 Å². The summed E-state index contributed by atoms with van der Waals surface area (Å²) in [7, 11) is 0. The van der Waals surface area contributed by atoms with Crippen molar-refractivity contribution in [2.45, 2.75) is 6.42 Å². The lowest BCUT2D eigenvalue weighted by Gasteiger charge is -2.07. The van der Waals surface area contributed by atoms with Gasteiger partial charge in [-0.25, -0.2) is 0 Å². The molecule has 0 amide bonds. The molecule has 2 aromatic heterocycles.